The summed E-state index contributed by atoms with van der Waals surface area (Å²) in [5.41, 5.74) is 0.618. The molecule has 0 saturated carbocycles. The highest BCUT2D eigenvalue weighted by Crippen LogP contribution is 2.34. The number of aromatic nitrogens is 1. The Balaban J connectivity index is 2.27. The maximum absolute atomic E-state index is 13.0. The van der Waals surface area contributed by atoms with Crippen LogP contribution in [0.25, 0.3) is 10.9 Å². The van der Waals surface area contributed by atoms with Crippen LogP contribution in [-0.2, 0) is 16.2 Å². The Morgan fingerprint density at radius 2 is 1.58 bits per heavy atom. The maximum atomic E-state index is 13.0. The molecule has 0 aliphatic heterocycles. The molecule has 3 nitrogen and oxygen atoms in total. The van der Waals surface area contributed by atoms with E-state index < -0.39 is 21.8 Å². The van der Waals surface area contributed by atoms with E-state index in [1.165, 1.54) is 24.4 Å². The smallest absolute Gasteiger partial charge is 0.241 e. The lowest BCUT2D eigenvalue weighted by atomic mass is 10.1. The van der Waals surface area contributed by atoms with E-state index in [4.69, 9.17) is 0 Å². The third-order valence-electron chi connectivity index (χ3n) is 3.88. The third-order valence-corrected chi connectivity index (χ3v) is 5.56. The molecule has 3 aromatic rings. The lowest BCUT2D eigenvalue weighted by molar-refractivity contribution is -0.137. The molecule has 1 heterocycles. The lowest BCUT2D eigenvalue weighted by Gasteiger charge is -2.10. The van der Waals surface area contributed by atoms with E-state index in [0.29, 0.717) is 10.9 Å². The van der Waals surface area contributed by atoms with Crippen molar-refractivity contribution in [3.63, 3.8) is 0 Å². The van der Waals surface area contributed by atoms with E-state index in [1.807, 2.05) is 6.92 Å². The number of hydrogen-bond acceptors (Lipinski definition) is 2. The first kappa shape index (κ1) is 16.6. The Bertz CT molecular complexity index is 1020. The van der Waals surface area contributed by atoms with Gasteiger partial charge in [0.25, 0.3) is 10.0 Å². The van der Waals surface area contributed by atoms with Gasteiger partial charge in [-0.15, -0.1) is 0 Å². The van der Waals surface area contributed by atoms with Crippen molar-refractivity contribution in [1.29, 1.82) is 0 Å². The van der Waals surface area contributed by atoms with Crippen molar-refractivity contribution in [3.8, 4) is 0 Å². The van der Waals surface area contributed by atoms with Gasteiger partial charge in [-0.3, -0.25) is 0 Å². The summed E-state index contributed by atoms with van der Waals surface area (Å²) in [4.78, 5) is 0.0300. The van der Waals surface area contributed by atoms with Crippen LogP contribution >= 0.6 is 0 Å². The number of aryl methyl sites for hydroxylation is 2. The summed E-state index contributed by atoms with van der Waals surface area (Å²) < 4.78 is 65.4. The molecule has 1 aromatic heterocycles. The number of nitrogens with zero attached hydrogens (tertiary/aromatic N) is 1. The van der Waals surface area contributed by atoms with Gasteiger partial charge < -0.3 is 0 Å². The maximum Gasteiger partial charge on any atom is 0.416 e. The largest absolute Gasteiger partial charge is 0.416 e. The monoisotopic (exact) mass is 353 g/mol. The molecular weight excluding hydrogens is 339 g/mol. The van der Waals surface area contributed by atoms with Crippen molar-refractivity contribution >= 4 is 20.9 Å². The third kappa shape index (κ3) is 2.69. The second kappa shape index (κ2) is 5.37. The van der Waals surface area contributed by atoms with Crippen molar-refractivity contribution in [1.82, 2.24) is 3.97 Å². The number of alkyl halides is 3. The normalized spacial score (nSPS) is 12.7. The molecule has 3 rings (SSSR count). The fourth-order valence-electron chi connectivity index (χ4n) is 2.56. The Kier molecular flexibility index (Phi) is 3.71. The van der Waals surface area contributed by atoms with E-state index in [2.05, 4.69) is 0 Å². The van der Waals surface area contributed by atoms with Crippen molar-refractivity contribution in [2.45, 2.75) is 24.9 Å². The molecule has 0 bridgehead atoms. The summed E-state index contributed by atoms with van der Waals surface area (Å²) in [6.07, 6.45) is -3.19. The molecule has 0 aliphatic carbocycles. The Morgan fingerprint density at radius 1 is 0.958 bits per heavy atom. The first-order chi connectivity index (χ1) is 11.1. The molecule has 126 valence electrons. The number of benzene rings is 2. The summed E-state index contributed by atoms with van der Waals surface area (Å²) in [6.45, 7) is 3.48. The second-order valence-electron chi connectivity index (χ2n) is 5.66. The zero-order chi connectivity index (χ0) is 17.7. The minimum Gasteiger partial charge on any atom is -0.241 e. The number of halogens is 3. The number of rotatable bonds is 2. The molecule has 24 heavy (non-hydrogen) atoms. The van der Waals surface area contributed by atoms with Crippen LogP contribution in [0.4, 0.5) is 13.2 Å². The van der Waals surface area contributed by atoms with E-state index in [9.17, 15) is 21.6 Å². The molecule has 0 fully saturated rings. The van der Waals surface area contributed by atoms with Gasteiger partial charge in [0.15, 0.2) is 0 Å². The SMILES string of the molecule is Cc1ccc(S(=O)(=O)n2cc(C)c3ccc(C(F)(F)F)cc32)cc1. The minimum atomic E-state index is -4.54. The number of fused-ring (bicyclic) bond motifs is 1. The zero-order valence-electron chi connectivity index (χ0n) is 12.9. The van der Waals surface area contributed by atoms with E-state index in [0.717, 1.165) is 21.7 Å². The highest BCUT2D eigenvalue weighted by atomic mass is 32.2. The van der Waals surface area contributed by atoms with Gasteiger partial charge in [0.1, 0.15) is 0 Å². The van der Waals surface area contributed by atoms with E-state index in [1.54, 1.807) is 19.1 Å². The van der Waals surface area contributed by atoms with Gasteiger partial charge in [0.05, 0.1) is 16.0 Å². The standard InChI is InChI=1S/C17H14F3NO2S/c1-11-3-6-14(7-4-11)24(22,23)21-10-12(2)15-8-5-13(9-16(15)21)17(18,19)20/h3-10H,1-2H3. The molecular formula is C17H14F3NO2S. The average molecular weight is 353 g/mol. The predicted octanol–water partition coefficient (Wildman–Crippen LogP) is 4.51. The first-order valence-corrected chi connectivity index (χ1v) is 8.56. The minimum absolute atomic E-state index is 0.0166. The Labute approximate surface area is 137 Å². The lowest BCUT2D eigenvalue weighted by Crippen LogP contribution is -2.12. The van der Waals surface area contributed by atoms with Crippen LogP contribution in [0.5, 0.6) is 0 Å². The summed E-state index contributed by atoms with van der Waals surface area (Å²) in [5, 5.41) is 0.471. The van der Waals surface area contributed by atoms with Gasteiger partial charge >= 0.3 is 6.18 Å². The highest BCUT2D eigenvalue weighted by Gasteiger charge is 2.31. The quantitative estimate of drug-likeness (QED) is 0.680. The van der Waals surface area contributed by atoms with Crippen LogP contribution in [-0.4, -0.2) is 12.4 Å². The molecule has 7 heteroatoms. The van der Waals surface area contributed by atoms with Crippen molar-refractivity contribution in [2.24, 2.45) is 0 Å². The van der Waals surface area contributed by atoms with Crippen molar-refractivity contribution < 1.29 is 21.6 Å². The Morgan fingerprint density at radius 3 is 2.17 bits per heavy atom. The molecule has 0 atom stereocenters. The van der Waals surface area contributed by atoms with Gasteiger partial charge in [-0.05, 0) is 43.7 Å². The highest BCUT2D eigenvalue weighted by molar-refractivity contribution is 7.90. The van der Waals surface area contributed by atoms with Gasteiger partial charge in [-0.25, -0.2) is 12.4 Å². The van der Waals surface area contributed by atoms with Gasteiger partial charge in [0.2, 0.25) is 0 Å². The second-order valence-corrected chi connectivity index (χ2v) is 7.47. The first-order valence-electron chi connectivity index (χ1n) is 7.12. The van der Waals surface area contributed by atoms with Gasteiger partial charge in [-0.2, -0.15) is 13.2 Å². The average Bonchev–Trinajstić information content (AvgIpc) is 2.84. The fourth-order valence-corrected chi connectivity index (χ4v) is 3.98. The van der Waals surface area contributed by atoms with Crippen LogP contribution in [0.2, 0.25) is 0 Å². The molecule has 0 unspecified atom stereocenters. The predicted molar refractivity (Wildman–Crippen MR) is 85.4 cm³/mol. The zero-order valence-corrected chi connectivity index (χ0v) is 13.7. The van der Waals surface area contributed by atoms with Crippen molar-refractivity contribution in [2.75, 3.05) is 0 Å². The summed E-state index contributed by atoms with van der Waals surface area (Å²) >= 11 is 0. The molecule has 0 saturated heterocycles. The van der Waals surface area contributed by atoms with Crippen LogP contribution in [0.3, 0.4) is 0 Å². The van der Waals surface area contributed by atoms with Gasteiger partial charge in [0, 0.05) is 11.6 Å². The summed E-state index contributed by atoms with van der Waals surface area (Å²) in [7, 11) is -3.97. The van der Waals surface area contributed by atoms with Crippen LogP contribution in [0.15, 0.2) is 53.6 Å². The van der Waals surface area contributed by atoms with E-state index >= 15 is 0 Å². The van der Waals surface area contributed by atoms with Crippen LogP contribution < -0.4 is 0 Å². The number of hydrogen-bond donors (Lipinski definition) is 0. The van der Waals surface area contributed by atoms with E-state index in [-0.39, 0.29) is 10.4 Å². The van der Waals surface area contributed by atoms with Gasteiger partial charge in [-0.1, -0.05) is 23.8 Å². The molecule has 0 aliphatic rings. The van der Waals surface area contributed by atoms with Crippen LogP contribution in [0.1, 0.15) is 16.7 Å². The molecule has 0 spiro atoms. The molecule has 0 N–H and O–H groups in total. The Hall–Kier alpha value is -2.28. The molecule has 0 amide bonds. The molecule has 2 aromatic carbocycles. The topological polar surface area (TPSA) is 39.1 Å². The summed E-state index contributed by atoms with van der Waals surface area (Å²) in [6, 6.07) is 9.30. The molecule has 0 radical (unpaired) electrons. The van der Waals surface area contributed by atoms with Crippen molar-refractivity contribution in [3.05, 3.63) is 65.4 Å². The summed E-state index contributed by atoms with van der Waals surface area (Å²) in [5.74, 6) is 0. The van der Waals surface area contributed by atoms with Crippen LogP contribution in [0, 0.1) is 13.8 Å². The fraction of sp³-hybridized carbons (Fsp3) is 0.176.